The summed E-state index contributed by atoms with van der Waals surface area (Å²) in [6.45, 7) is 2.05. The number of carbonyl (C=O) groups is 1. The van der Waals surface area contributed by atoms with Crippen LogP contribution in [0, 0.1) is 5.92 Å². The smallest absolute Gasteiger partial charge is 0.291 e. The van der Waals surface area contributed by atoms with Crippen LogP contribution in [0.15, 0.2) is 46.8 Å². The molecule has 1 aliphatic rings. The maximum absolute atomic E-state index is 13.1. The lowest BCUT2D eigenvalue weighted by Crippen LogP contribution is -2.29. The molecule has 0 saturated heterocycles. The lowest BCUT2D eigenvalue weighted by Gasteiger charge is -2.15. The van der Waals surface area contributed by atoms with Crippen molar-refractivity contribution in [1.82, 2.24) is 14.8 Å². The molecule has 1 N–H and O–H groups in total. The van der Waals surface area contributed by atoms with Crippen molar-refractivity contribution in [1.29, 1.82) is 0 Å². The summed E-state index contributed by atoms with van der Waals surface area (Å²) in [7, 11) is 0. The van der Waals surface area contributed by atoms with Crippen LogP contribution < -0.4 is 10.9 Å². The fourth-order valence-corrected chi connectivity index (χ4v) is 3.58. The molecule has 3 aromatic rings. The highest BCUT2D eigenvalue weighted by atomic mass is 32.1. The molecule has 26 heavy (non-hydrogen) atoms. The first-order valence-corrected chi connectivity index (χ1v) is 9.38. The summed E-state index contributed by atoms with van der Waals surface area (Å²) in [5.74, 6) is 0.300. The molecule has 0 radical (unpaired) electrons. The molecule has 0 aliphatic heterocycles. The Balaban J connectivity index is 1.92. The largest absolute Gasteiger partial charge is 0.349 e. The molecular weight excluding hydrogens is 348 g/mol. The van der Waals surface area contributed by atoms with Crippen molar-refractivity contribution >= 4 is 28.5 Å². The highest BCUT2D eigenvalue weighted by Gasteiger charge is 2.27. The average Bonchev–Trinajstić information content (AvgIpc) is 3.28. The number of thiophene rings is 1. The van der Waals surface area contributed by atoms with Crippen molar-refractivity contribution in [2.45, 2.75) is 26.3 Å². The lowest BCUT2D eigenvalue weighted by molar-refractivity contribution is 0.101. The second-order valence-electron chi connectivity index (χ2n) is 6.43. The van der Waals surface area contributed by atoms with Crippen LogP contribution in [0.2, 0.25) is 0 Å². The quantitative estimate of drug-likeness (QED) is 0.673. The Hall–Kier alpha value is -2.80. The maximum atomic E-state index is 13.1. The molecule has 0 spiro atoms. The van der Waals surface area contributed by atoms with E-state index in [1.54, 1.807) is 18.5 Å². The second-order valence-corrected chi connectivity index (χ2v) is 7.38. The number of rotatable bonds is 6. The molecule has 0 bridgehead atoms. The van der Waals surface area contributed by atoms with Crippen LogP contribution in [0.3, 0.4) is 0 Å². The van der Waals surface area contributed by atoms with Crippen LogP contribution in [0.1, 0.15) is 30.1 Å². The summed E-state index contributed by atoms with van der Waals surface area (Å²) in [5.41, 5.74) is 1.54. The number of hydrogen-bond donors (Lipinski definition) is 1. The highest BCUT2D eigenvalue weighted by Crippen LogP contribution is 2.33. The topological polar surface area (TPSA) is 76.9 Å². The zero-order valence-corrected chi connectivity index (χ0v) is 15.1. The minimum absolute atomic E-state index is 0.192. The number of ketones is 1. The van der Waals surface area contributed by atoms with Gasteiger partial charge in [-0.3, -0.25) is 14.6 Å². The number of pyridine rings is 1. The summed E-state index contributed by atoms with van der Waals surface area (Å²) in [6, 6.07) is 7.42. The fourth-order valence-electron chi connectivity index (χ4n) is 2.86. The summed E-state index contributed by atoms with van der Waals surface area (Å²) >= 11 is 1.50. The van der Waals surface area contributed by atoms with E-state index in [9.17, 15) is 9.59 Å². The van der Waals surface area contributed by atoms with E-state index in [1.165, 1.54) is 22.9 Å². The van der Waals surface area contributed by atoms with E-state index in [1.807, 2.05) is 23.6 Å². The molecule has 1 aliphatic carbocycles. The lowest BCUT2D eigenvalue weighted by atomic mass is 10.1. The van der Waals surface area contributed by atoms with E-state index in [4.69, 9.17) is 0 Å². The number of hydrogen-bond acceptors (Lipinski definition) is 6. The minimum Gasteiger partial charge on any atom is -0.349 e. The van der Waals surface area contributed by atoms with E-state index in [2.05, 4.69) is 15.4 Å². The van der Waals surface area contributed by atoms with Gasteiger partial charge in [0.25, 0.3) is 5.56 Å². The molecule has 132 valence electrons. The Bertz CT molecular complexity index is 992. The summed E-state index contributed by atoms with van der Waals surface area (Å²) in [6.07, 6.45) is 5.51. The maximum Gasteiger partial charge on any atom is 0.291 e. The van der Waals surface area contributed by atoms with E-state index >= 15 is 0 Å². The molecule has 4 rings (SSSR count). The molecule has 0 atom stereocenters. The standard InChI is InChI=1S/C19H18N4O2S/c1-12(24)16-17(15-5-3-9-26-15)22-23(11-13-6-7-13)19(25)18(16)21-14-4-2-8-20-10-14/h2-5,8-10,13,21H,6-7,11H2,1H3. The Labute approximate surface area is 154 Å². The highest BCUT2D eigenvalue weighted by molar-refractivity contribution is 7.13. The first kappa shape index (κ1) is 16.7. The number of carbonyl (C=O) groups excluding carboxylic acids is 1. The third kappa shape index (κ3) is 3.30. The van der Waals surface area contributed by atoms with Gasteiger partial charge >= 0.3 is 0 Å². The van der Waals surface area contributed by atoms with E-state index < -0.39 is 0 Å². The van der Waals surface area contributed by atoms with Gasteiger partial charge in [-0.25, -0.2) is 4.68 Å². The van der Waals surface area contributed by atoms with Crippen LogP contribution in [-0.4, -0.2) is 20.5 Å². The molecule has 6 nitrogen and oxygen atoms in total. The number of anilines is 2. The normalized spacial score (nSPS) is 13.6. The van der Waals surface area contributed by atoms with Gasteiger partial charge in [0.1, 0.15) is 11.4 Å². The number of nitrogens with one attached hydrogen (secondary N) is 1. The van der Waals surface area contributed by atoms with Crippen molar-refractivity contribution in [3.8, 4) is 10.6 Å². The Morgan fingerprint density at radius 2 is 2.19 bits per heavy atom. The minimum atomic E-state index is -0.272. The van der Waals surface area contributed by atoms with Crippen molar-refractivity contribution < 1.29 is 4.79 Å². The van der Waals surface area contributed by atoms with E-state index in [0.717, 1.165) is 17.7 Å². The third-order valence-corrected chi connectivity index (χ3v) is 5.20. The van der Waals surface area contributed by atoms with Gasteiger partial charge in [0.2, 0.25) is 0 Å². The van der Waals surface area contributed by atoms with Crippen molar-refractivity contribution in [3.05, 3.63) is 58.0 Å². The van der Waals surface area contributed by atoms with Gasteiger partial charge in [-0.05, 0) is 49.3 Å². The van der Waals surface area contributed by atoms with Gasteiger partial charge in [0.15, 0.2) is 5.78 Å². The zero-order valence-electron chi connectivity index (χ0n) is 14.3. The molecule has 0 aromatic carbocycles. The molecule has 7 heteroatoms. The third-order valence-electron chi connectivity index (χ3n) is 4.32. The summed E-state index contributed by atoms with van der Waals surface area (Å²) < 4.78 is 1.50. The Kier molecular flexibility index (Phi) is 4.38. The van der Waals surface area contributed by atoms with Crippen molar-refractivity contribution in [2.24, 2.45) is 5.92 Å². The fraction of sp³-hybridized carbons (Fsp3) is 0.263. The number of Topliss-reactive ketones (excluding diaryl/α,β-unsaturated/α-hetero) is 1. The van der Waals surface area contributed by atoms with Gasteiger partial charge in [0, 0.05) is 12.7 Å². The first-order chi connectivity index (χ1) is 12.6. The van der Waals surface area contributed by atoms with Crippen molar-refractivity contribution in [3.63, 3.8) is 0 Å². The Morgan fingerprint density at radius 1 is 1.35 bits per heavy atom. The van der Waals surface area contributed by atoms with Crippen LogP contribution in [0.5, 0.6) is 0 Å². The SMILES string of the molecule is CC(=O)c1c(-c2cccs2)nn(CC2CC2)c(=O)c1Nc1cccnc1. The van der Waals surface area contributed by atoms with Crippen molar-refractivity contribution in [2.75, 3.05) is 5.32 Å². The second kappa shape index (κ2) is 6.84. The average molecular weight is 366 g/mol. The first-order valence-electron chi connectivity index (χ1n) is 8.50. The van der Waals surface area contributed by atoms with Gasteiger partial charge in [-0.15, -0.1) is 11.3 Å². The molecular formula is C19H18N4O2S. The molecule has 3 aromatic heterocycles. The predicted octanol–water partition coefficient (Wildman–Crippen LogP) is 3.72. The number of nitrogens with zero attached hydrogens (tertiary/aromatic N) is 3. The molecule has 1 fully saturated rings. The molecule has 3 heterocycles. The van der Waals surface area contributed by atoms with Gasteiger partial charge < -0.3 is 5.32 Å². The van der Waals surface area contributed by atoms with E-state index in [-0.39, 0.29) is 17.0 Å². The summed E-state index contributed by atoms with van der Waals surface area (Å²) in [4.78, 5) is 30.4. The van der Waals surface area contributed by atoms with Crippen LogP contribution in [-0.2, 0) is 6.54 Å². The van der Waals surface area contributed by atoms with Crippen LogP contribution >= 0.6 is 11.3 Å². The van der Waals surface area contributed by atoms with Gasteiger partial charge in [-0.1, -0.05) is 6.07 Å². The molecule has 0 amide bonds. The van der Waals surface area contributed by atoms with Crippen LogP contribution in [0.4, 0.5) is 11.4 Å². The van der Waals surface area contributed by atoms with Gasteiger partial charge in [0.05, 0.1) is 22.3 Å². The predicted molar refractivity (Wildman–Crippen MR) is 102 cm³/mol. The summed E-state index contributed by atoms with van der Waals surface area (Å²) in [5, 5.41) is 9.60. The van der Waals surface area contributed by atoms with Crippen LogP contribution in [0.25, 0.3) is 10.6 Å². The number of aromatic nitrogens is 3. The van der Waals surface area contributed by atoms with E-state index in [0.29, 0.717) is 29.4 Å². The van der Waals surface area contributed by atoms with Gasteiger partial charge in [-0.2, -0.15) is 5.10 Å². The zero-order chi connectivity index (χ0) is 18.1. The Morgan fingerprint density at radius 3 is 2.81 bits per heavy atom. The molecule has 1 saturated carbocycles. The monoisotopic (exact) mass is 366 g/mol. The molecule has 0 unspecified atom stereocenters.